The van der Waals surface area contributed by atoms with Gasteiger partial charge in [0.05, 0.1) is 18.6 Å². The molecule has 0 fully saturated rings. The van der Waals surface area contributed by atoms with Gasteiger partial charge in [0, 0.05) is 17.9 Å². The first-order chi connectivity index (χ1) is 14.4. The van der Waals surface area contributed by atoms with E-state index >= 15 is 0 Å². The number of carbonyl (C=O) groups excluding carboxylic acids is 1. The summed E-state index contributed by atoms with van der Waals surface area (Å²) in [5.74, 6) is -0.842. The molecule has 0 radical (unpaired) electrons. The molecular formula is C23H31NO7. The lowest BCUT2D eigenvalue weighted by Gasteiger charge is -2.32. The van der Waals surface area contributed by atoms with Crippen LogP contribution in [0.1, 0.15) is 64.0 Å². The van der Waals surface area contributed by atoms with Crippen LogP contribution in [0.25, 0.3) is 0 Å². The van der Waals surface area contributed by atoms with Crippen LogP contribution in [0.5, 0.6) is 11.5 Å². The standard InChI is InChI=1S/C23H31NO7/c1-14(2)17-8-7-15(3)11-18(17)21-19(25)12-16(13-20(21)26)23(4,5)22(27)30-9-6-10-31-24(28)29/h11-13,17-18,25-26H,1,6-10H2,2-5H3/t17-,18+/m0/s1. The fourth-order valence-corrected chi connectivity index (χ4v) is 3.89. The lowest BCUT2D eigenvalue weighted by atomic mass is 9.73. The number of aromatic hydroxyl groups is 2. The summed E-state index contributed by atoms with van der Waals surface area (Å²) < 4.78 is 5.21. The van der Waals surface area contributed by atoms with Crippen LogP contribution in [0.3, 0.4) is 0 Å². The first kappa shape index (κ1) is 24.2. The molecule has 0 spiro atoms. The van der Waals surface area contributed by atoms with Crippen molar-refractivity contribution in [2.75, 3.05) is 13.2 Å². The lowest BCUT2D eigenvalue weighted by Crippen LogP contribution is -2.31. The Morgan fingerprint density at radius 1 is 1.29 bits per heavy atom. The number of nitrogens with zero attached hydrogens (tertiary/aromatic N) is 1. The van der Waals surface area contributed by atoms with Gasteiger partial charge in [0.2, 0.25) is 0 Å². The summed E-state index contributed by atoms with van der Waals surface area (Å²) in [6.45, 7) is 11.1. The topological polar surface area (TPSA) is 119 Å². The number of carbonyl (C=O) groups is 1. The predicted octanol–water partition coefficient (Wildman–Crippen LogP) is 4.53. The van der Waals surface area contributed by atoms with Crippen LogP contribution in [-0.2, 0) is 19.8 Å². The molecule has 0 aromatic heterocycles. The Hall–Kier alpha value is -3.03. The Balaban J connectivity index is 2.23. The minimum absolute atomic E-state index is 0.0431. The Bertz CT molecular complexity index is 865. The van der Waals surface area contributed by atoms with Gasteiger partial charge in [-0.05, 0) is 64.2 Å². The molecule has 1 aliphatic carbocycles. The van der Waals surface area contributed by atoms with E-state index in [1.54, 1.807) is 13.8 Å². The maximum atomic E-state index is 12.6. The molecule has 1 aromatic carbocycles. The van der Waals surface area contributed by atoms with Gasteiger partial charge in [-0.25, -0.2) is 0 Å². The summed E-state index contributed by atoms with van der Waals surface area (Å²) in [6.07, 6.45) is 4.07. The van der Waals surface area contributed by atoms with Gasteiger partial charge < -0.3 is 19.8 Å². The Labute approximate surface area is 182 Å². The molecule has 8 nitrogen and oxygen atoms in total. The van der Waals surface area contributed by atoms with Crippen molar-refractivity contribution >= 4 is 5.97 Å². The number of hydrogen-bond donors (Lipinski definition) is 2. The first-order valence-electron chi connectivity index (χ1n) is 10.3. The molecule has 2 atom stereocenters. The summed E-state index contributed by atoms with van der Waals surface area (Å²) in [5, 5.41) is 30.8. The van der Waals surface area contributed by atoms with Gasteiger partial charge in [-0.3, -0.25) is 4.79 Å². The molecule has 0 aliphatic heterocycles. The van der Waals surface area contributed by atoms with Crippen LogP contribution in [-0.4, -0.2) is 34.5 Å². The van der Waals surface area contributed by atoms with Crippen molar-refractivity contribution in [3.8, 4) is 11.5 Å². The Kier molecular flexibility index (Phi) is 7.70. The van der Waals surface area contributed by atoms with Crippen molar-refractivity contribution in [2.45, 2.75) is 58.3 Å². The number of phenols is 2. The van der Waals surface area contributed by atoms with Gasteiger partial charge in [0.1, 0.15) is 11.5 Å². The number of allylic oxidation sites excluding steroid dienone is 3. The molecule has 170 valence electrons. The van der Waals surface area contributed by atoms with Crippen molar-refractivity contribution in [2.24, 2.45) is 5.92 Å². The second-order valence-electron chi connectivity index (χ2n) is 8.63. The average Bonchev–Trinajstić information content (AvgIpc) is 2.66. The minimum atomic E-state index is -1.15. The van der Waals surface area contributed by atoms with Gasteiger partial charge in [0.15, 0.2) is 0 Å². The van der Waals surface area contributed by atoms with Gasteiger partial charge in [-0.1, -0.05) is 23.8 Å². The number of phenolic OH excluding ortho intramolecular Hbond substituents is 2. The summed E-state index contributed by atoms with van der Waals surface area (Å²) in [4.78, 5) is 26.9. The number of ether oxygens (including phenoxy) is 1. The zero-order valence-electron chi connectivity index (χ0n) is 18.5. The third-order valence-corrected chi connectivity index (χ3v) is 5.80. The fourth-order valence-electron chi connectivity index (χ4n) is 3.89. The van der Waals surface area contributed by atoms with Crippen LogP contribution >= 0.6 is 0 Å². The maximum Gasteiger partial charge on any atom is 0.315 e. The van der Waals surface area contributed by atoms with E-state index in [1.807, 2.05) is 13.8 Å². The van der Waals surface area contributed by atoms with Gasteiger partial charge in [-0.2, -0.15) is 0 Å². The first-order valence-corrected chi connectivity index (χ1v) is 10.3. The van der Waals surface area contributed by atoms with E-state index in [1.165, 1.54) is 17.7 Å². The highest BCUT2D eigenvalue weighted by Crippen LogP contribution is 2.47. The van der Waals surface area contributed by atoms with Crippen molar-refractivity contribution < 1.29 is 29.7 Å². The summed E-state index contributed by atoms with van der Waals surface area (Å²) in [7, 11) is 0. The maximum absolute atomic E-state index is 12.6. The third kappa shape index (κ3) is 5.77. The summed E-state index contributed by atoms with van der Waals surface area (Å²) in [5.41, 5.74) is 1.86. The molecule has 0 unspecified atom stereocenters. The van der Waals surface area contributed by atoms with Crippen LogP contribution in [0, 0.1) is 16.0 Å². The summed E-state index contributed by atoms with van der Waals surface area (Å²) >= 11 is 0. The quantitative estimate of drug-likeness (QED) is 0.193. The van der Waals surface area contributed by atoms with E-state index < -0.39 is 16.5 Å². The number of esters is 1. The van der Waals surface area contributed by atoms with Gasteiger partial charge in [0.25, 0.3) is 5.09 Å². The number of rotatable bonds is 9. The average molecular weight is 434 g/mol. The second-order valence-corrected chi connectivity index (χ2v) is 8.63. The van der Waals surface area contributed by atoms with Crippen LogP contribution in [0.15, 0.2) is 35.9 Å². The van der Waals surface area contributed by atoms with E-state index in [0.29, 0.717) is 11.1 Å². The monoisotopic (exact) mass is 433 g/mol. The number of benzene rings is 1. The van der Waals surface area contributed by atoms with Crippen LogP contribution in [0.2, 0.25) is 0 Å². The fraction of sp³-hybridized carbons (Fsp3) is 0.522. The lowest BCUT2D eigenvalue weighted by molar-refractivity contribution is -0.757. The zero-order chi connectivity index (χ0) is 23.3. The van der Waals surface area contributed by atoms with E-state index in [4.69, 9.17) is 4.74 Å². The molecule has 2 N–H and O–H groups in total. The smallest absolute Gasteiger partial charge is 0.315 e. The Morgan fingerprint density at radius 3 is 2.45 bits per heavy atom. The highest BCUT2D eigenvalue weighted by molar-refractivity contribution is 5.82. The van der Waals surface area contributed by atoms with Gasteiger partial charge in [-0.15, -0.1) is 10.1 Å². The normalized spacial score (nSPS) is 18.8. The molecule has 8 heteroatoms. The van der Waals surface area contributed by atoms with Crippen molar-refractivity contribution in [3.63, 3.8) is 0 Å². The van der Waals surface area contributed by atoms with E-state index in [0.717, 1.165) is 18.4 Å². The van der Waals surface area contributed by atoms with Crippen molar-refractivity contribution in [1.82, 2.24) is 0 Å². The minimum Gasteiger partial charge on any atom is -0.507 e. The molecule has 0 saturated carbocycles. The molecular weight excluding hydrogens is 402 g/mol. The molecule has 0 saturated heterocycles. The van der Waals surface area contributed by atoms with Gasteiger partial charge >= 0.3 is 5.97 Å². The molecule has 1 aliphatic rings. The zero-order valence-corrected chi connectivity index (χ0v) is 18.5. The molecule has 1 aromatic rings. The highest BCUT2D eigenvalue weighted by Gasteiger charge is 2.35. The van der Waals surface area contributed by atoms with Crippen LogP contribution in [0.4, 0.5) is 0 Å². The molecule has 0 bridgehead atoms. The SMILES string of the molecule is C=C(C)[C@@H]1CCC(C)=C[C@H]1c1c(O)cc(C(C)(C)C(=O)OCCCO[N+](=O)[O-])cc1O. The second kappa shape index (κ2) is 9.85. The van der Waals surface area contributed by atoms with E-state index in [-0.39, 0.29) is 43.0 Å². The Morgan fingerprint density at radius 2 is 1.90 bits per heavy atom. The number of hydrogen-bond acceptors (Lipinski definition) is 7. The molecule has 0 amide bonds. The predicted molar refractivity (Wildman–Crippen MR) is 115 cm³/mol. The van der Waals surface area contributed by atoms with E-state index in [9.17, 15) is 25.1 Å². The van der Waals surface area contributed by atoms with Crippen LogP contribution < -0.4 is 0 Å². The molecule has 31 heavy (non-hydrogen) atoms. The molecule has 2 rings (SSSR count). The van der Waals surface area contributed by atoms with Crippen molar-refractivity contribution in [1.29, 1.82) is 0 Å². The van der Waals surface area contributed by atoms with E-state index in [2.05, 4.69) is 17.5 Å². The summed E-state index contributed by atoms with van der Waals surface area (Å²) in [6, 6.07) is 2.97. The molecule has 0 heterocycles. The third-order valence-electron chi connectivity index (χ3n) is 5.80. The van der Waals surface area contributed by atoms with Crippen molar-refractivity contribution in [3.05, 3.63) is 57.2 Å². The largest absolute Gasteiger partial charge is 0.507 e. The highest BCUT2D eigenvalue weighted by atomic mass is 16.9.